The molecule has 124 valence electrons. The van der Waals surface area contributed by atoms with E-state index in [4.69, 9.17) is 9.72 Å². The average Bonchev–Trinajstić information content (AvgIpc) is 3.16. The van der Waals surface area contributed by atoms with Gasteiger partial charge in [-0.3, -0.25) is 9.20 Å². The Bertz CT molecular complexity index is 1060. The molecule has 25 heavy (non-hydrogen) atoms. The van der Waals surface area contributed by atoms with E-state index in [-0.39, 0.29) is 0 Å². The molecule has 2 heterocycles. The van der Waals surface area contributed by atoms with Crippen molar-refractivity contribution >= 4 is 22.6 Å². The molecule has 2 aromatic heterocycles. The molecule has 4 aromatic rings. The second-order valence-corrected chi connectivity index (χ2v) is 6.84. The van der Waals surface area contributed by atoms with Crippen LogP contribution in [-0.4, -0.2) is 22.8 Å². The maximum absolute atomic E-state index is 12.0. The van der Waals surface area contributed by atoms with Crippen LogP contribution in [0.1, 0.15) is 15.4 Å². The molecule has 0 amide bonds. The Morgan fingerprint density at radius 1 is 1.08 bits per heavy atom. The highest BCUT2D eigenvalue weighted by Crippen LogP contribution is 2.37. The fourth-order valence-electron chi connectivity index (χ4n) is 3.11. The van der Waals surface area contributed by atoms with E-state index >= 15 is 0 Å². The van der Waals surface area contributed by atoms with Crippen molar-refractivity contribution in [2.45, 2.75) is 6.92 Å². The highest BCUT2D eigenvalue weighted by molar-refractivity contribution is 7.17. The number of hydrogen-bond donors (Lipinski definition) is 0. The van der Waals surface area contributed by atoms with Gasteiger partial charge in [-0.25, -0.2) is 4.98 Å². The SMILES string of the molecule is COc1ccccc1-c1nc2sc(C)c(-c3ccccc3)n2c1C=O. The number of aromatic nitrogens is 2. The first-order valence-electron chi connectivity index (χ1n) is 7.90. The van der Waals surface area contributed by atoms with Crippen LogP contribution < -0.4 is 4.74 Å². The number of fused-ring (bicyclic) bond motifs is 1. The molecule has 0 radical (unpaired) electrons. The number of ether oxygens (including phenoxy) is 1. The molecule has 0 aliphatic heterocycles. The number of thiazole rings is 1. The van der Waals surface area contributed by atoms with E-state index in [2.05, 4.69) is 6.92 Å². The van der Waals surface area contributed by atoms with Crippen molar-refractivity contribution in [3.63, 3.8) is 0 Å². The molecule has 0 bridgehead atoms. The van der Waals surface area contributed by atoms with Crippen molar-refractivity contribution in [2.75, 3.05) is 7.11 Å². The Hall–Kier alpha value is -2.92. The molecule has 0 spiro atoms. The number of aldehydes is 1. The van der Waals surface area contributed by atoms with E-state index in [1.165, 1.54) is 0 Å². The minimum Gasteiger partial charge on any atom is -0.496 e. The molecule has 0 atom stereocenters. The van der Waals surface area contributed by atoms with Crippen LogP contribution in [0.5, 0.6) is 5.75 Å². The summed E-state index contributed by atoms with van der Waals surface area (Å²) in [6.45, 7) is 2.05. The third kappa shape index (κ3) is 2.44. The summed E-state index contributed by atoms with van der Waals surface area (Å²) in [6.07, 6.45) is 0.875. The number of benzene rings is 2. The predicted octanol–water partition coefficient (Wildman–Crippen LogP) is 4.86. The van der Waals surface area contributed by atoms with E-state index in [1.54, 1.807) is 18.4 Å². The van der Waals surface area contributed by atoms with Gasteiger partial charge >= 0.3 is 0 Å². The van der Waals surface area contributed by atoms with Crippen LogP contribution in [0.4, 0.5) is 0 Å². The Kier molecular flexibility index (Phi) is 3.86. The highest BCUT2D eigenvalue weighted by Gasteiger charge is 2.22. The van der Waals surface area contributed by atoms with Gasteiger partial charge in [0.25, 0.3) is 0 Å². The average molecular weight is 348 g/mol. The number of aryl methyl sites for hydroxylation is 1. The van der Waals surface area contributed by atoms with Gasteiger partial charge in [-0.05, 0) is 24.6 Å². The standard InChI is InChI=1S/C20H16N2O2S/c1-13-19(14-8-4-3-5-9-14)22-16(12-23)18(21-20(22)25-13)15-10-6-7-11-17(15)24-2/h3-12H,1-2H3. The second kappa shape index (κ2) is 6.18. The Morgan fingerprint density at radius 3 is 2.52 bits per heavy atom. The van der Waals surface area contributed by atoms with Crippen molar-refractivity contribution in [3.05, 3.63) is 65.2 Å². The summed E-state index contributed by atoms with van der Waals surface area (Å²) < 4.78 is 7.40. The largest absolute Gasteiger partial charge is 0.496 e. The summed E-state index contributed by atoms with van der Waals surface area (Å²) in [4.78, 5) is 18.6. The van der Waals surface area contributed by atoms with Gasteiger partial charge in [-0.1, -0.05) is 42.5 Å². The van der Waals surface area contributed by atoms with Crippen LogP contribution in [0, 0.1) is 6.92 Å². The monoisotopic (exact) mass is 348 g/mol. The first-order valence-corrected chi connectivity index (χ1v) is 8.72. The molecule has 4 nitrogen and oxygen atoms in total. The first kappa shape index (κ1) is 15.6. The van der Waals surface area contributed by atoms with Gasteiger partial charge in [0.05, 0.1) is 12.8 Å². The summed E-state index contributed by atoms with van der Waals surface area (Å²) in [5, 5.41) is 0. The van der Waals surface area contributed by atoms with Crippen LogP contribution in [0.25, 0.3) is 27.5 Å². The van der Waals surface area contributed by atoms with E-state index in [0.717, 1.165) is 32.9 Å². The van der Waals surface area contributed by atoms with E-state index in [0.29, 0.717) is 17.1 Å². The highest BCUT2D eigenvalue weighted by atomic mass is 32.1. The lowest BCUT2D eigenvalue weighted by Gasteiger charge is -2.07. The van der Waals surface area contributed by atoms with Gasteiger partial charge in [0.2, 0.25) is 0 Å². The van der Waals surface area contributed by atoms with Crippen LogP contribution in [0.15, 0.2) is 54.6 Å². The topological polar surface area (TPSA) is 43.6 Å². The molecule has 0 unspecified atom stereocenters. The van der Waals surface area contributed by atoms with Crippen molar-refractivity contribution in [1.82, 2.24) is 9.38 Å². The molecule has 0 aliphatic carbocycles. The summed E-state index contributed by atoms with van der Waals surface area (Å²) in [6, 6.07) is 17.7. The van der Waals surface area contributed by atoms with Crippen LogP contribution in [0.3, 0.4) is 0 Å². The van der Waals surface area contributed by atoms with Gasteiger partial charge in [0.15, 0.2) is 11.2 Å². The van der Waals surface area contributed by atoms with E-state index in [9.17, 15) is 4.79 Å². The number of hydrogen-bond acceptors (Lipinski definition) is 4. The smallest absolute Gasteiger partial charge is 0.195 e. The molecule has 2 aromatic carbocycles. The molecule has 0 N–H and O–H groups in total. The van der Waals surface area contributed by atoms with E-state index < -0.39 is 0 Å². The normalized spacial score (nSPS) is 11.0. The van der Waals surface area contributed by atoms with Gasteiger partial charge in [-0.2, -0.15) is 0 Å². The first-order chi connectivity index (χ1) is 12.2. The number of carbonyl (C=O) groups is 1. The lowest BCUT2D eigenvalue weighted by atomic mass is 10.1. The zero-order valence-corrected chi connectivity index (χ0v) is 14.7. The summed E-state index contributed by atoms with van der Waals surface area (Å²) >= 11 is 1.58. The summed E-state index contributed by atoms with van der Waals surface area (Å²) in [5.74, 6) is 0.703. The van der Waals surface area contributed by atoms with Crippen LogP contribution in [0.2, 0.25) is 0 Å². The number of carbonyl (C=O) groups excluding carboxylic acids is 1. The predicted molar refractivity (Wildman–Crippen MR) is 101 cm³/mol. The molecular weight excluding hydrogens is 332 g/mol. The quantitative estimate of drug-likeness (QED) is 0.495. The minimum absolute atomic E-state index is 0.544. The van der Waals surface area contributed by atoms with Crippen molar-refractivity contribution in [1.29, 1.82) is 0 Å². The Morgan fingerprint density at radius 2 is 1.80 bits per heavy atom. The van der Waals surface area contributed by atoms with Crippen molar-refractivity contribution in [2.24, 2.45) is 0 Å². The van der Waals surface area contributed by atoms with Crippen molar-refractivity contribution in [3.8, 4) is 28.3 Å². The number of imidazole rings is 1. The molecular formula is C20H16N2O2S. The molecule has 0 saturated heterocycles. The third-order valence-electron chi connectivity index (χ3n) is 4.20. The third-order valence-corrected chi connectivity index (χ3v) is 5.16. The van der Waals surface area contributed by atoms with Crippen LogP contribution in [-0.2, 0) is 0 Å². The van der Waals surface area contributed by atoms with E-state index in [1.807, 2.05) is 59.0 Å². The maximum atomic E-state index is 12.0. The second-order valence-electron chi connectivity index (χ2n) is 5.65. The zero-order valence-electron chi connectivity index (χ0n) is 13.9. The summed E-state index contributed by atoms with van der Waals surface area (Å²) in [5.41, 5.74) is 4.09. The zero-order chi connectivity index (χ0) is 17.4. The fraction of sp³-hybridized carbons (Fsp3) is 0.100. The van der Waals surface area contributed by atoms with Gasteiger partial charge in [0, 0.05) is 10.4 Å². The number of para-hydroxylation sites is 1. The molecule has 0 fully saturated rings. The Labute approximate surface area is 149 Å². The lowest BCUT2D eigenvalue weighted by Crippen LogP contribution is -1.96. The lowest BCUT2D eigenvalue weighted by molar-refractivity contribution is 0.111. The molecule has 4 rings (SSSR count). The molecule has 0 aliphatic rings. The van der Waals surface area contributed by atoms with Crippen LogP contribution >= 0.6 is 11.3 Å². The molecule has 5 heteroatoms. The van der Waals surface area contributed by atoms with Gasteiger partial charge < -0.3 is 4.74 Å². The van der Waals surface area contributed by atoms with Crippen molar-refractivity contribution < 1.29 is 9.53 Å². The van der Waals surface area contributed by atoms with Gasteiger partial charge in [-0.15, -0.1) is 11.3 Å². The number of methoxy groups -OCH3 is 1. The summed E-state index contributed by atoms with van der Waals surface area (Å²) in [7, 11) is 1.62. The Balaban J connectivity index is 2.04. The minimum atomic E-state index is 0.544. The molecule has 0 saturated carbocycles. The fourth-order valence-corrected chi connectivity index (χ4v) is 4.11. The van der Waals surface area contributed by atoms with Gasteiger partial charge in [0.1, 0.15) is 17.1 Å². The number of rotatable bonds is 4. The number of nitrogens with zero attached hydrogens (tertiary/aromatic N) is 2. The maximum Gasteiger partial charge on any atom is 0.195 e.